The molecule has 13 heavy (non-hydrogen) atoms. The second kappa shape index (κ2) is 2.80. The van der Waals surface area contributed by atoms with Gasteiger partial charge in [0, 0.05) is 6.42 Å². The minimum Gasteiger partial charge on any atom is -0.231 e. The van der Waals surface area contributed by atoms with Gasteiger partial charge in [0.15, 0.2) is 11.6 Å². The summed E-state index contributed by atoms with van der Waals surface area (Å²) in [6.45, 7) is 1.86. The number of amidine groups is 1. The summed E-state index contributed by atoms with van der Waals surface area (Å²) in [6, 6.07) is 2.49. The van der Waals surface area contributed by atoms with Crippen molar-refractivity contribution in [2.45, 2.75) is 13.3 Å². The molecule has 0 saturated carbocycles. The molecule has 0 amide bonds. The minimum absolute atomic E-state index is 0.0249. The van der Waals surface area contributed by atoms with Crippen LogP contribution in [0.3, 0.4) is 0 Å². The fraction of sp³-hybridized carbons (Fsp3) is 0.222. The van der Waals surface area contributed by atoms with E-state index in [-0.39, 0.29) is 5.69 Å². The van der Waals surface area contributed by atoms with Crippen LogP contribution in [0, 0.1) is 11.6 Å². The molecule has 0 unspecified atom stereocenters. The Morgan fingerprint density at radius 3 is 2.77 bits per heavy atom. The average Bonchev–Trinajstić information content (AvgIpc) is 2.55. The Morgan fingerprint density at radius 1 is 1.31 bits per heavy atom. The quantitative estimate of drug-likeness (QED) is 0.636. The fourth-order valence-electron chi connectivity index (χ4n) is 1.18. The van der Waals surface area contributed by atoms with Crippen LogP contribution >= 0.6 is 0 Å². The summed E-state index contributed by atoms with van der Waals surface area (Å²) >= 11 is 0. The maximum atomic E-state index is 13.1. The number of hydrogen-bond donors (Lipinski definition) is 0. The highest BCUT2D eigenvalue weighted by Crippen LogP contribution is 2.34. The Balaban J connectivity index is 2.49. The van der Waals surface area contributed by atoms with E-state index in [1.807, 2.05) is 6.92 Å². The summed E-state index contributed by atoms with van der Waals surface area (Å²) in [5.41, 5.74) is 0.438. The smallest absolute Gasteiger partial charge is 0.186 e. The predicted molar refractivity (Wildman–Crippen MR) is 45.5 cm³/mol. The molecule has 0 spiro atoms. The van der Waals surface area contributed by atoms with Crippen molar-refractivity contribution >= 4 is 17.2 Å². The molecule has 0 N–H and O–H groups in total. The lowest BCUT2D eigenvalue weighted by Crippen LogP contribution is -2.05. The third kappa shape index (κ3) is 1.18. The van der Waals surface area contributed by atoms with Crippen molar-refractivity contribution in [2.75, 3.05) is 0 Å². The van der Waals surface area contributed by atoms with Crippen LogP contribution < -0.4 is 5.32 Å². The number of hydrogen-bond acceptors (Lipinski definition) is 1. The topological polar surface area (TPSA) is 26.5 Å². The Morgan fingerprint density at radius 2 is 2.08 bits per heavy atom. The largest absolute Gasteiger partial charge is 0.231 e. The first-order valence-corrected chi connectivity index (χ1v) is 3.99. The van der Waals surface area contributed by atoms with E-state index in [0.717, 1.165) is 6.07 Å². The molecule has 67 valence electrons. The second-order valence-electron chi connectivity index (χ2n) is 2.72. The van der Waals surface area contributed by atoms with Gasteiger partial charge in [0.25, 0.3) is 0 Å². The number of rotatable bonds is 1. The molecule has 4 heteroatoms. The van der Waals surface area contributed by atoms with E-state index < -0.39 is 11.6 Å². The molecule has 1 aliphatic heterocycles. The van der Waals surface area contributed by atoms with Crippen LogP contribution in [-0.4, -0.2) is 5.84 Å². The third-order valence-corrected chi connectivity index (χ3v) is 1.85. The van der Waals surface area contributed by atoms with Crippen LogP contribution in [0.1, 0.15) is 13.3 Å². The standard InChI is InChI=1S/C9H7F2N2/c1-2-7-12-6-4-3-5(10)8(11)9(6)13-7/h3-4H,2H2,1H3. The molecule has 0 atom stereocenters. The zero-order chi connectivity index (χ0) is 9.42. The number of halogens is 2. The lowest BCUT2D eigenvalue weighted by molar-refractivity contribution is 0.509. The summed E-state index contributed by atoms with van der Waals surface area (Å²) in [5.74, 6) is -1.25. The van der Waals surface area contributed by atoms with E-state index in [2.05, 4.69) is 10.3 Å². The number of aliphatic imine (C=N–C) groups is 1. The lowest BCUT2D eigenvalue weighted by Gasteiger charge is -1.98. The van der Waals surface area contributed by atoms with Crippen molar-refractivity contribution in [3.8, 4) is 0 Å². The van der Waals surface area contributed by atoms with Gasteiger partial charge in [-0.2, -0.15) is 0 Å². The van der Waals surface area contributed by atoms with Gasteiger partial charge in [-0.1, -0.05) is 6.92 Å². The van der Waals surface area contributed by atoms with Crippen LogP contribution in [-0.2, 0) is 0 Å². The van der Waals surface area contributed by atoms with Crippen LogP contribution in [0.4, 0.5) is 20.2 Å². The molecule has 1 radical (unpaired) electrons. The van der Waals surface area contributed by atoms with Gasteiger partial charge in [0.05, 0.1) is 5.69 Å². The van der Waals surface area contributed by atoms with Crippen molar-refractivity contribution in [1.29, 1.82) is 0 Å². The van der Waals surface area contributed by atoms with Crippen molar-refractivity contribution in [3.05, 3.63) is 23.8 Å². The molecule has 0 bridgehead atoms. The monoisotopic (exact) mass is 181 g/mol. The van der Waals surface area contributed by atoms with Gasteiger partial charge in [-0.05, 0) is 12.1 Å². The first kappa shape index (κ1) is 8.16. The van der Waals surface area contributed by atoms with E-state index in [1.165, 1.54) is 6.07 Å². The van der Waals surface area contributed by atoms with Crippen LogP contribution in [0.5, 0.6) is 0 Å². The van der Waals surface area contributed by atoms with Gasteiger partial charge in [-0.25, -0.2) is 19.1 Å². The average molecular weight is 181 g/mol. The van der Waals surface area contributed by atoms with Crippen molar-refractivity contribution in [2.24, 2.45) is 4.99 Å². The summed E-state index contributed by atoms with van der Waals surface area (Å²) < 4.78 is 25.8. The molecule has 0 fully saturated rings. The van der Waals surface area contributed by atoms with Crippen LogP contribution in [0.25, 0.3) is 0 Å². The van der Waals surface area contributed by atoms with Gasteiger partial charge in [-0.15, -0.1) is 0 Å². The molecule has 0 saturated heterocycles. The Bertz CT molecular complexity index is 385. The Labute approximate surface area is 74.3 Å². The van der Waals surface area contributed by atoms with Crippen molar-refractivity contribution in [3.63, 3.8) is 0 Å². The number of benzene rings is 1. The summed E-state index contributed by atoms with van der Waals surface area (Å²) in [6.07, 6.45) is 0.621. The molecule has 2 rings (SSSR count). The highest BCUT2D eigenvalue weighted by Gasteiger charge is 2.20. The van der Waals surface area contributed by atoms with Crippen LogP contribution in [0.15, 0.2) is 17.1 Å². The Hall–Kier alpha value is -1.45. The fourth-order valence-corrected chi connectivity index (χ4v) is 1.18. The van der Waals surface area contributed by atoms with Crippen LogP contribution in [0.2, 0.25) is 0 Å². The zero-order valence-electron chi connectivity index (χ0n) is 7.01. The van der Waals surface area contributed by atoms with Gasteiger partial charge in [-0.3, -0.25) is 0 Å². The number of fused-ring (bicyclic) bond motifs is 1. The van der Waals surface area contributed by atoms with Gasteiger partial charge < -0.3 is 0 Å². The van der Waals surface area contributed by atoms with E-state index in [4.69, 9.17) is 0 Å². The van der Waals surface area contributed by atoms with Gasteiger partial charge in [0.1, 0.15) is 11.5 Å². The highest BCUT2D eigenvalue weighted by molar-refractivity contribution is 5.95. The third-order valence-electron chi connectivity index (χ3n) is 1.85. The molecule has 1 heterocycles. The minimum atomic E-state index is -0.912. The van der Waals surface area contributed by atoms with Gasteiger partial charge in [0.2, 0.25) is 0 Å². The maximum Gasteiger partial charge on any atom is 0.186 e. The normalized spacial score (nSPS) is 13.6. The number of nitrogens with zero attached hydrogens (tertiary/aromatic N) is 2. The van der Waals surface area contributed by atoms with Gasteiger partial charge >= 0.3 is 0 Å². The summed E-state index contributed by atoms with van der Waals surface area (Å²) in [7, 11) is 0. The molecule has 1 aromatic carbocycles. The highest BCUT2D eigenvalue weighted by atomic mass is 19.2. The molecule has 1 aromatic rings. The lowest BCUT2D eigenvalue weighted by atomic mass is 10.2. The van der Waals surface area contributed by atoms with E-state index >= 15 is 0 Å². The van der Waals surface area contributed by atoms with Crippen molar-refractivity contribution < 1.29 is 8.78 Å². The summed E-state index contributed by atoms with van der Waals surface area (Å²) in [4.78, 5) is 4.02. The molecular weight excluding hydrogens is 174 g/mol. The van der Waals surface area contributed by atoms with E-state index in [9.17, 15) is 8.78 Å². The first-order chi connectivity index (χ1) is 6.22. The molecular formula is C9H7F2N2. The molecule has 0 aromatic heterocycles. The predicted octanol–water partition coefficient (Wildman–Crippen LogP) is 2.65. The molecule has 1 aliphatic rings. The maximum absolute atomic E-state index is 13.1. The zero-order valence-corrected chi connectivity index (χ0v) is 7.01. The van der Waals surface area contributed by atoms with E-state index in [0.29, 0.717) is 17.9 Å². The second-order valence-corrected chi connectivity index (χ2v) is 2.72. The van der Waals surface area contributed by atoms with E-state index in [1.54, 1.807) is 0 Å². The Kier molecular flexibility index (Phi) is 1.76. The van der Waals surface area contributed by atoms with Crippen molar-refractivity contribution in [1.82, 2.24) is 5.32 Å². The SMILES string of the molecule is CCC1=Nc2ccc(F)c(F)c2[N]1. The summed E-state index contributed by atoms with van der Waals surface area (Å²) in [5, 5.41) is 3.87. The first-order valence-electron chi connectivity index (χ1n) is 3.99. The molecule has 0 aliphatic carbocycles. The molecule has 2 nitrogen and oxygen atoms in total.